The summed E-state index contributed by atoms with van der Waals surface area (Å²) in [5, 5.41) is 12.4. The number of carbonyl (C=O) groups is 1. The van der Waals surface area contributed by atoms with E-state index in [1.807, 2.05) is 32.0 Å². The van der Waals surface area contributed by atoms with Gasteiger partial charge in [0.25, 0.3) is 5.91 Å². The van der Waals surface area contributed by atoms with Crippen molar-refractivity contribution >= 4 is 5.91 Å². The van der Waals surface area contributed by atoms with Crippen molar-refractivity contribution in [1.82, 2.24) is 5.32 Å². The van der Waals surface area contributed by atoms with Crippen LogP contribution >= 0.6 is 0 Å². The molecule has 3 rings (SSSR count). The first-order valence-corrected chi connectivity index (χ1v) is 7.46. The number of amides is 1. The number of nitrogens with zero attached hydrogens (tertiary/aromatic N) is 1. The maximum Gasteiger partial charge on any atom is 0.252 e. The fourth-order valence-corrected chi connectivity index (χ4v) is 2.50. The number of nitrogens with one attached hydrogen (secondary N) is 1. The van der Waals surface area contributed by atoms with Gasteiger partial charge in [-0.2, -0.15) is 0 Å². The highest BCUT2D eigenvalue weighted by molar-refractivity contribution is 5.95. The van der Waals surface area contributed by atoms with Crippen molar-refractivity contribution in [2.75, 3.05) is 6.79 Å². The van der Waals surface area contributed by atoms with Crippen LogP contribution in [0, 0.1) is 0 Å². The Morgan fingerprint density at radius 1 is 1.30 bits per heavy atom. The molecule has 0 aliphatic carbocycles. The summed E-state index contributed by atoms with van der Waals surface area (Å²) in [6, 6.07) is 7.20. The standard InChI is InChI=1S/C17H18N2O4/c1-11(2)14-9-19(21)6-5-13(14)17(20)18-8-12-3-4-15-16(7-12)23-10-22-15/h3-7,9,11H,8,10H2,1-2H3,(H-,18,20,21)/p+1. The number of hydrogen-bond acceptors (Lipinski definition) is 4. The maximum absolute atomic E-state index is 12.4. The van der Waals surface area contributed by atoms with Gasteiger partial charge in [-0.3, -0.25) is 10.0 Å². The molecule has 0 saturated carbocycles. The number of pyridine rings is 1. The largest absolute Gasteiger partial charge is 0.454 e. The van der Waals surface area contributed by atoms with Crippen molar-refractivity contribution in [1.29, 1.82) is 0 Å². The molecule has 6 heteroatoms. The minimum absolute atomic E-state index is 0.126. The summed E-state index contributed by atoms with van der Waals surface area (Å²) < 4.78 is 11.6. The molecule has 0 unspecified atom stereocenters. The van der Waals surface area contributed by atoms with Gasteiger partial charge in [-0.1, -0.05) is 19.9 Å². The minimum atomic E-state index is -0.174. The maximum atomic E-state index is 12.4. The van der Waals surface area contributed by atoms with E-state index in [1.54, 1.807) is 12.3 Å². The van der Waals surface area contributed by atoms with Crippen molar-refractivity contribution in [3.05, 3.63) is 53.3 Å². The van der Waals surface area contributed by atoms with E-state index < -0.39 is 0 Å². The van der Waals surface area contributed by atoms with Crippen molar-refractivity contribution in [2.24, 2.45) is 0 Å². The van der Waals surface area contributed by atoms with E-state index >= 15 is 0 Å². The van der Waals surface area contributed by atoms with E-state index in [0.717, 1.165) is 21.6 Å². The van der Waals surface area contributed by atoms with E-state index in [0.29, 0.717) is 17.9 Å². The van der Waals surface area contributed by atoms with Crippen LogP contribution in [-0.4, -0.2) is 17.9 Å². The topological polar surface area (TPSA) is 71.7 Å². The Bertz CT molecular complexity index is 743. The molecule has 2 aromatic rings. The van der Waals surface area contributed by atoms with Crippen LogP contribution < -0.4 is 19.5 Å². The predicted octanol–water partition coefficient (Wildman–Crippen LogP) is 1.99. The second-order valence-electron chi connectivity index (χ2n) is 5.72. The fraction of sp³-hybridized carbons (Fsp3) is 0.294. The van der Waals surface area contributed by atoms with Crippen LogP contribution in [0.25, 0.3) is 0 Å². The van der Waals surface area contributed by atoms with Gasteiger partial charge >= 0.3 is 0 Å². The van der Waals surface area contributed by atoms with Crippen molar-refractivity contribution in [3.63, 3.8) is 0 Å². The molecule has 0 atom stereocenters. The Kier molecular flexibility index (Phi) is 4.06. The molecule has 0 bridgehead atoms. The highest BCUT2D eigenvalue weighted by Crippen LogP contribution is 2.32. The molecule has 0 saturated heterocycles. The van der Waals surface area contributed by atoms with Crippen molar-refractivity contribution < 1.29 is 24.2 Å². The van der Waals surface area contributed by atoms with Gasteiger partial charge in [0.15, 0.2) is 11.5 Å². The highest BCUT2D eigenvalue weighted by atomic mass is 16.7. The number of benzene rings is 1. The number of carbonyl (C=O) groups excluding carboxylic acids is 1. The van der Waals surface area contributed by atoms with Crippen molar-refractivity contribution in [2.45, 2.75) is 26.3 Å². The second kappa shape index (κ2) is 6.16. The molecule has 1 aliphatic heterocycles. The molecular weight excluding hydrogens is 296 g/mol. The quantitative estimate of drug-likeness (QED) is 0.668. The van der Waals surface area contributed by atoms with Crippen LogP contribution in [0.3, 0.4) is 0 Å². The Morgan fingerprint density at radius 2 is 2.09 bits per heavy atom. The third kappa shape index (κ3) is 3.21. The second-order valence-corrected chi connectivity index (χ2v) is 5.72. The Hall–Kier alpha value is -2.76. The summed E-state index contributed by atoms with van der Waals surface area (Å²) >= 11 is 0. The minimum Gasteiger partial charge on any atom is -0.454 e. The van der Waals surface area contributed by atoms with E-state index in [1.165, 1.54) is 6.20 Å². The molecule has 0 spiro atoms. The van der Waals surface area contributed by atoms with Gasteiger partial charge in [0, 0.05) is 22.9 Å². The smallest absolute Gasteiger partial charge is 0.252 e. The zero-order valence-corrected chi connectivity index (χ0v) is 13.1. The van der Waals surface area contributed by atoms with Crippen LogP contribution in [0.15, 0.2) is 36.7 Å². The summed E-state index contributed by atoms with van der Waals surface area (Å²) in [4.78, 5) is 12.4. The molecule has 1 aromatic heterocycles. The van der Waals surface area contributed by atoms with E-state index in [2.05, 4.69) is 5.32 Å². The molecule has 6 nitrogen and oxygen atoms in total. The Balaban J connectivity index is 1.72. The average molecular weight is 315 g/mol. The summed E-state index contributed by atoms with van der Waals surface area (Å²) in [5.41, 5.74) is 2.28. The first-order valence-electron chi connectivity index (χ1n) is 7.46. The Labute approximate surface area is 134 Å². The zero-order chi connectivity index (χ0) is 16.4. The SMILES string of the molecule is CC(C)c1c[n+](O)ccc1C(=O)NCc1ccc2c(c1)OCO2. The summed E-state index contributed by atoms with van der Waals surface area (Å²) in [7, 11) is 0. The molecular formula is C17H19N2O4+. The molecule has 23 heavy (non-hydrogen) atoms. The first-order chi connectivity index (χ1) is 11.0. The van der Waals surface area contributed by atoms with Gasteiger partial charge in [-0.15, -0.1) is 0 Å². The van der Waals surface area contributed by atoms with Crippen LogP contribution in [-0.2, 0) is 6.54 Å². The molecule has 1 aromatic carbocycles. The van der Waals surface area contributed by atoms with Crippen molar-refractivity contribution in [3.8, 4) is 11.5 Å². The van der Waals surface area contributed by atoms with Gasteiger partial charge < -0.3 is 14.8 Å². The third-order valence-electron chi connectivity index (χ3n) is 3.73. The molecule has 2 N–H and O–H groups in total. The molecule has 1 aliphatic rings. The molecule has 0 fully saturated rings. The molecule has 1 amide bonds. The van der Waals surface area contributed by atoms with E-state index in [9.17, 15) is 10.0 Å². The van der Waals surface area contributed by atoms with Gasteiger partial charge in [0.1, 0.15) is 0 Å². The lowest BCUT2D eigenvalue weighted by atomic mass is 9.99. The lowest BCUT2D eigenvalue weighted by Gasteiger charge is -2.10. The lowest BCUT2D eigenvalue weighted by Crippen LogP contribution is -2.32. The third-order valence-corrected chi connectivity index (χ3v) is 3.73. The number of hydrogen-bond donors (Lipinski definition) is 2. The molecule has 0 radical (unpaired) electrons. The normalized spacial score (nSPS) is 12.5. The van der Waals surface area contributed by atoms with Crippen LogP contribution in [0.5, 0.6) is 11.5 Å². The number of rotatable bonds is 4. The summed E-state index contributed by atoms with van der Waals surface area (Å²) in [6.07, 6.45) is 3.00. The Morgan fingerprint density at radius 3 is 2.87 bits per heavy atom. The van der Waals surface area contributed by atoms with Gasteiger partial charge in [-0.25, -0.2) is 0 Å². The average Bonchev–Trinajstić information content (AvgIpc) is 3.00. The highest BCUT2D eigenvalue weighted by Gasteiger charge is 2.19. The van der Waals surface area contributed by atoms with Gasteiger partial charge in [0.05, 0.1) is 5.56 Å². The van der Waals surface area contributed by atoms with Crippen LogP contribution in [0.1, 0.15) is 41.3 Å². The molecule has 2 heterocycles. The summed E-state index contributed by atoms with van der Waals surface area (Å²) in [6.45, 7) is 4.57. The number of ether oxygens (including phenoxy) is 2. The lowest BCUT2D eigenvalue weighted by molar-refractivity contribution is -0.905. The van der Waals surface area contributed by atoms with Crippen LogP contribution in [0.4, 0.5) is 0 Å². The number of aromatic nitrogens is 1. The van der Waals surface area contributed by atoms with E-state index in [4.69, 9.17) is 9.47 Å². The summed E-state index contributed by atoms with van der Waals surface area (Å²) in [5.74, 6) is 1.37. The predicted molar refractivity (Wildman–Crippen MR) is 81.6 cm³/mol. The van der Waals surface area contributed by atoms with Gasteiger partial charge in [0.2, 0.25) is 19.2 Å². The zero-order valence-electron chi connectivity index (χ0n) is 13.1. The van der Waals surface area contributed by atoms with Crippen LogP contribution in [0.2, 0.25) is 0 Å². The number of fused-ring (bicyclic) bond motifs is 1. The molecule has 120 valence electrons. The van der Waals surface area contributed by atoms with Gasteiger partial charge in [-0.05, 0) is 23.6 Å². The fourth-order valence-electron chi connectivity index (χ4n) is 2.50. The van der Waals surface area contributed by atoms with E-state index in [-0.39, 0.29) is 18.6 Å². The first kappa shape index (κ1) is 15.1. The monoisotopic (exact) mass is 315 g/mol.